The molecule has 1 aromatic heterocycles. The number of carbonyl (C=O) groups excluding carboxylic acids is 1. The van der Waals surface area contributed by atoms with Gasteiger partial charge in [-0.15, -0.1) is 11.3 Å². The van der Waals surface area contributed by atoms with Crippen LogP contribution in [0, 0.1) is 0 Å². The van der Waals surface area contributed by atoms with Gasteiger partial charge in [0.25, 0.3) is 5.91 Å². The van der Waals surface area contributed by atoms with Crippen molar-refractivity contribution in [1.82, 2.24) is 10.5 Å². The van der Waals surface area contributed by atoms with Crippen LogP contribution in [0.1, 0.15) is 5.69 Å². The number of hydrogen-bond donors (Lipinski definition) is 2. The van der Waals surface area contributed by atoms with Crippen molar-refractivity contribution in [2.75, 3.05) is 0 Å². The van der Waals surface area contributed by atoms with Gasteiger partial charge in [0.15, 0.2) is 3.92 Å². The number of carbonyl (C=O) groups is 1. The zero-order valence-electron chi connectivity index (χ0n) is 5.82. The van der Waals surface area contributed by atoms with E-state index in [9.17, 15) is 4.79 Å². The third-order valence-electron chi connectivity index (χ3n) is 1.01. The van der Waals surface area contributed by atoms with Crippen LogP contribution in [0.5, 0.6) is 0 Å². The lowest BCUT2D eigenvalue weighted by molar-refractivity contribution is -0.124. The summed E-state index contributed by atoms with van der Waals surface area (Å²) in [4.78, 5) is 14.5. The summed E-state index contributed by atoms with van der Waals surface area (Å²) >= 11 is 4.60. The van der Waals surface area contributed by atoms with Crippen molar-refractivity contribution >= 4 is 39.2 Å². The third kappa shape index (κ3) is 2.72. The van der Waals surface area contributed by atoms with Gasteiger partial charge in [0, 0.05) is 11.5 Å². The number of amides is 1. The van der Waals surface area contributed by atoms with Crippen LogP contribution in [0.3, 0.4) is 0 Å². The molecule has 1 heterocycles. The molecule has 1 amide bonds. The smallest absolute Gasteiger partial charge is 0.267 e. The minimum Gasteiger partial charge on any atom is -0.288 e. The lowest BCUT2D eigenvalue weighted by Gasteiger charge is -1.86. The Kier molecular flexibility index (Phi) is 3.39. The van der Waals surface area contributed by atoms with Crippen molar-refractivity contribution in [1.29, 1.82) is 0 Å². The maximum Gasteiger partial charge on any atom is 0.267 e. The first-order valence-electron chi connectivity index (χ1n) is 2.95. The second-order valence-corrected chi connectivity index (χ2v) is 3.97. The molecule has 6 heteroatoms. The van der Waals surface area contributed by atoms with Gasteiger partial charge in [-0.25, -0.2) is 10.5 Å². The monoisotopic (exact) mass is 248 g/mol. The number of hydroxylamine groups is 1. The van der Waals surface area contributed by atoms with Crippen LogP contribution in [0.2, 0.25) is 0 Å². The van der Waals surface area contributed by atoms with Gasteiger partial charge in [-0.1, -0.05) is 0 Å². The minimum atomic E-state index is -0.570. The molecule has 4 nitrogen and oxygen atoms in total. The Morgan fingerprint density at radius 3 is 3.08 bits per heavy atom. The highest BCUT2D eigenvalue weighted by atomic mass is 79.9. The van der Waals surface area contributed by atoms with E-state index in [1.807, 2.05) is 0 Å². The maximum absolute atomic E-state index is 10.5. The largest absolute Gasteiger partial charge is 0.288 e. The number of nitrogens with zero attached hydrogens (tertiary/aromatic N) is 1. The van der Waals surface area contributed by atoms with Gasteiger partial charge >= 0.3 is 0 Å². The Balaban J connectivity index is 2.63. The van der Waals surface area contributed by atoms with E-state index < -0.39 is 5.91 Å². The van der Waals surface area contributed by atoms with Gasteiger partial charge in [-0.2, -0.15) is 0 Å². The van der Waals surface area contributed by atoms with E-state index in [2.05, 4.69) is 20.9 Å². The van der Waals surface area contributed by atoms with E-state index in [-0.39, 0.29) is 0 Å². The summed E-state index contributed by atoms with van der Waals surface area (Å²) < 4.78 is 0.756. The molecule has 0 aliphatic rings. The maximum atomic E-state index is 10.5. The molecule has 12 heavy (non-hydrogen) atoms. The van der Waals surface area contributed by atoms with Crippen LogP contribution >= 0.6 is 27.3 Å². The van der Waals surface area contributed by atoms with E-state index in [1.54, 1.807) is 5.38 Å². The highest BCUT2D eigenvalue weighted by molar-refractivity contribution is 9.11. The van der Waals surface area contributed by atoms with E-state index in [1.165, 1.54) is 29.0 Å². The molecule has 0 atom stereocenters. The predicted molar refractivity (Wildman–Crippen MR) is 48.8 cm³/mol. The van der Waals surface area contributed by atoms with Crippen molar-refractivity contribution in [2.45, 2.75) is 0 Å². The number of aromatic nitrogens is 1. The van der Waals surface area contributed by atoms with Crippen molar-refractivity contribution < 1.29 is 10.0 Å². The molecular formula is C6H5BrN2O2S. The highest BCUT2D eigenvalue weighted by Gasteiger charge is 1.95. The fourth-order valence-electron chi connectivity index (χ4n) is 0.538. The molecule has 0 radical (unpaired) electrons. The first kappa shape index (κ1) is 9.37. The summed E-state index contributed by atoms with van der Waals surface area (Å²) in [5, 5.41) is 9.92. The number of halogens is 1. The molecule has 0 spiro atoms. The summed E-state index contributed by atoms with van der Waals surface area (Å²) in [6.45, 7) is 0. The van der Waals surface area contributed by atoms with Gasteiger partial charge in [0.2, 0.25) is 0 Å². The van der Waals surface area contributed by atoms with E-state index in [4.69, 9.17) is 5.21 Å². The average molecular weight is 249 g/mol. The number of rotatable bonds is 2. The van der Waals surface area contributed by atoms with Crippen molar-refractivity contribution in [3.63, 3.8) is 0 Å². The van der Waals surface area contributed by atoms with E-state index in [0.29, 0.717) is 5.69 Å². The van der Waals surface area contributed by atoms with Crippen LogP contribution in [-0.2, 0) is 4.79 Å². The zero-order valence-corrected chi connectivity index (χ0v) is 8.22. The topological polar surface area (TPSA) is 62.2 Å². The SMILES string of the molecule is O=C(/C=C/c1csc(Br)n1)NO. The number of hydrogen-bond acceptors (Lipinski definition) is 4. The second kappa shape index (κ2) is 4.34. The lowest BCUT2D eigenvalue weighted by Crippen LogP contribution is -2.14. The van der Waals surface area contributed by atoms with Crippen LogP contribution in [0.15, 0.2) is 15.4 Å². The summed E-state index contributed by atoms with van der Waals surface area (Å²) in [7, 11) is 0. The fraction of sp³-hybridized carbons (Fsp3) is 0. The normalized spacial score (nSPS) is 10.5. The molecule has 0 aromatic carbocycles. The number of thiazole rings is 1. The first-order valence-corrected chi connectivity index (χ1v) is 4.63. The molecule has 64 valence electrons. The molecular weight excluding hydrogens is 244 g/mol. The zero-order chi connectivity index (χ0) is 8.97. The molecule has 0 aliphatic heterocycles. The Bertz CT molecular complexity index is 310. The summed E-state index contributed by atoms with van der Waals surface area (Å²) in [6.07, 6.45) is 2.70. The molecule has 1 rings (SSSR count). The van der Waals surface area contributed by atoms with Gasteiger partial charge < -0.3 is 0 Å². The van der Waals surface area contributed by atoms with Gasteiger partial charge in [0.05, 0.1) is 5.69 Å². The average Bonchev–Trinajstić information content (AvgIpc) is 2.47. The quantitative estimate of drug-likeness (QED) is 0.473. The summed E-state index contributed by atoms with van der Waals surface area (Å²) in [6, 6.07) is 0. The van der Waals surface area contributed by atoms with Crippen molar-refractivity contribution in [3.05, 3.63) is 21.1 Å². The third-order valence-corrected chi connectivity index (χ3v) is 2.39. The Morgan fingerprint density at radius 1 is 1.83 bits per heavy atom. The van der Waals surface area contributed by atoms with E-state index >= 15 is 0 Å². The lowest BCUT2D eigenvalue weighted by atomic mass is 10.4. The molecule has 1 aromatic rings. The van der Waals surface area contributed by atoms with Gasteiger partial charge in [-0.3, -0.25) is 10.0 Å². The van der Waals surface area contributed by atoms with Gasteiger partial charge in [0.1, 0.15) is 0 Å². The van der Waals surface area contributed by atoms with Crippen LogP contribution in [-0.4, -0.2) is 16.1 Å². The standard InChI is InChI=1S/C6H5BrN2O2S/c7-6-8-4(3-12-6)1-2-5(10)9-11/h1-3,11H,(H,9,10)/b2-1+. The first-order chi connectivity index (χ1) is 5.72. The summed E-state index contributed by atoms with van der Waals surface area (Å²) in [5.41, 5.74) is 2.16. The molecule has 0 saturated heterocycles. The van der Waals surface area contributed by atoms with Crippen molar-refractivity contribution in [3.8, 4) is 0 Å². The van der Waals surface area contributed by atoms with Crippen LogP contribution in [0.25, 0.3) is 6.08 Å². The van der Waals surface area contributed by atoms with Gasteiger partial charge in [-0.05, 0) is 22.0 Å². The number of nitrogens with one attached hydrogen (secondary N) is 1. The minimum absolute atomic E-state index is 0.570. The summed E-state index contributed by atoms with van der Waals surface area (Å²) in [5.74, 6) is -0.570. The molecule has 0 aliphatic carbocycles. The van der Waals surface area contributed by atoms with Crippen LogP contribution < -0.4 is 5.48 Å². The Labute approximate surface area is 81.0 Å². The molecule has 0 bridgehead atoms. The van der Waals surface area contributed by atoms with Crippen molar-refractivity contribution in [2.24, 2.45) is 0 Å². The highest BCUT2D eigenvalue weighted by Crippen LogP contribution is 2.16. The molecule has 2 N–H and O–H groups in total. The predicted octanol–water partition coefficient (Wildman–Crippen LogP) is 1.42. The molecule has 0 unspecified atom stereocenters. The Hall–Kier alpha value is -0.720. The molecule has 0 saturated carbocycles. The fourth-order valence-corrected chi connectivity index (χ4v) is 1.53. The van der Waals surface area contributed by atoms with Crippen LogP contribution in [0.4, 0.5) is 0 Å². The van der Waals surface area contributed by atoms with E-state index in [0.717, 1.165) is 3.92 Å². The molecule has 0 fully saturated rings. The second-order valence-electron chi connectivity index (χ2n) is 1.83. The Morgan fingerprint density at radius 2 is 2.58 bits per heavy atom.